The smallest absolute Gasteiger partial charge is 0.231 e. The standard InChI is InChI=1S/C19H25N3O2S2/c1-15-9-11-16(12-10-15)6-5-13-20-19(25)21-17-7-4-8-18(14-17)22(2)26(3,23)24/h4,7-12,14H,5-6,13H2,1-3H3,(H2,20,21,25). The first-order valence-corrected chi connectivity index (χ1v) is 10.7. The Bertz CT molecular complexity index is 849. The summed E-state index contributed by atoms with van der Waals surface area (Å²) in [4.78, 5) is 0. The summed E-state index contributed by atoms with van der Waals surface area (Å²) in [5.74, 6) is 0. The van der Waals surface area contributed by atoms with E-state index in [9.17, 15) is 8.42 Å². The number of anilines is 2. The molecule has 0 amide bonds. The van der Waals surface area contributed by atoms with E-state index in [1.54, 1.807) is 18.2 Å². The van der Waals surface area contributed by atoms with Crippen molar-refractivity contribution in [3.05, 3.63) is 59.7 Å². The summed E-state index contributed by atoms with van der Waals surface area (Å²) in [5, 5.41) is 6.80. The molecule has 7 heteroatoms. The number of benzene rings is 2. The number of thiocarbonyl (C=S) groups is 1. The zero-order chi connectivity index (χ0) is 19.2. The highest BCUT2D eigenvalue weighted by atomic mass is 32.2. The molecule has 5 nitrogen and oxygen atoms in total. The molecule has 0 unspecified atom stereocenters. The van der Waals surface area contributed by atoms with E-state index in [2.05, 4.69) is 41.8 Å². The molecule has 0 spiro atoms. The molecule has 2 N–H and O–H groups in total. The Morgan fingerprint density at radius 1 is 1.15 bits per heavy atom. The number of nitrogens with zero attached hydrogens (tertiary/aromatic N) is 1. The zero-order valence-electron chi connectivity index (χ0n) is 15.3. The number of nitrogens with one attached hydrogen (secondary N) is 2. The van der Waals surface area contributed by atoms with Crippen LogP contribution in [0.4, 0.5) is 11.4 Å². The van der Waals surface area contributed by atoms with E-state index >= 15 is 0 Å². The van der Waals surface area contributed by atoms with Crippen molar-refractivity contribution in [3.63, 3.8) is 0 Å². The van der Waals surface area contributed by atoms with Gasteiger partial charge in [0.1, 0.15) is 0 Å². The summed E-state index contributed by atoms with van der Waals surface area (Å²) in [6, 6.07) is 15.7. The summed E-state index contributed by atoms with van der Waals surface area (Å²) in [5.41, 5.74) is 3.91. The second-order valence-corrected chi connectivity index (χ2v) is 8.67. The molecule has 0 aliphatic carbocycles. The molecule has 2 rings (SSSR count). The molecule has 0 aromatic heterocycles. The van der Waals surface area contributed by atoms with Gasteiger partial charge in [-0.15, -0.1) is 0 Å². The highest BCUT2D eigenvalue weighted by molar-refractivity contribution is 7.92. The average Bonchev–Trinajstić information content (AvgIpc) is 2.59. The van der Waals surface area contributed by atoms with Crippen LogP contribution in [0, 0.1) is 6.92 Å². The number of sulfonamides is 1. The lowest BCUT2D eigenvalue weighted by atomic mass is 10.1. The molecule has 26 heavy (non-hydrogen) atoms. The van der Waals surface area contributed by atoms with Crippen LogP contribution in [0.3, 0.4) is 0 Å². The monoisotopic (exact) mass is 391 g/mol. The molecule has 2 aromatic rings. The van der Waals surface area contributed by atoms with Crippen LogP contribution in [0.5, 0.6) is 0 Å². The van der Waals surface area contributed by atoms with Crippen LogP contribution in [0.15, 0.2) is 48.5 Å². The molecule has 0 radical (unpaired) electrons. The molecular weight excluding hydrogens is 366 g/mol. The van der Waals surface area contributed by atoms with Gasteiger partial charge in [0.2, 0.25) is 10.0 Å². The predicted molar refractivity (Wildman–Crippen MR) is 113 cm³/mol. The summed E-state index contributed by atoms with van der Waals surface area (Å²) < 4.78 is 24.5. The number of rotatable bonds is 7. The van der Waals surface area contributed by atoms with Gasteiger partial charge in [-0.1, -0.05) is 35.9 Å². The maximum atomic E-state index is 11.6. The Balaban J connectivity index is 1.81. The molecule has 0 aliphatic heterocycles. The summed E-state index contributed by atoms with van der Waals surface area (Å²) in [6.07, 6.45) is 3.14. The van der Waals surface area contributed by atoms with Crippen molar-refractivity contribution in [3.8, 4) is 0 Å². The molecule has 0 aliphatic rings. The van der Waals surface area contributed by atoms with Crippen molar-refractivity contribution >= 4 is 38.7 Å². The maximum Gasteiger partial charge on any atom is 0.231 e. The van der Waals surface area contributed by atoms with E-state index in [0.29, 0.717) is 10.8 Å². The van der Waals surface area contributed by atoms with Gasteiger partial charge in [-0.25, -0.2) is 8.42 Å². The highest BCUT2D eigenvalue weighted by Gasteiger charge is 2.12. The van der Waals surface area contributed by atoms with Crippen LogP contribution in [0.2, 0.25) is 0 Å². The Morgan fingerprint density at radius 3 is 2.50 bits per heavy atom. The summed E-state index contributed by atoms with van der Waals surface area (Å²) in [7, 11) is -1.77. The molecule has 0 saturated carbocycles. The van der Waals surface area contributed by atoms with E-state index in [0.717, 1.165) is 25.1 Å². The van der Waals surface area contributed by atoms with Crippen LogP contribution in [0.1, 0.15) is 17.5 Å². The molecule has 0 atom stereocenters. The predicted octanol–water partition coefficient (Wildman–Crippen LogP) is 3.31. The zero-order valence-corrected chi connectivity index (χ0v) is 17.0. The normalized spacial score (nSPS) is 11.0. The van der Waals surface area contributed by atoms with Gasteiger partial charge in [0.25, 0.3) is 0 Å². The molecular formula is C19H25N3O2S2. The van der Waals surface area contributed by atoms with E-state index < -0.39 is 10.0 Å². The first kappa shape index (κ1) is 20.2. The van der Waals surface area contributed by atoms with Crippen LogP contribution in [-0.2, 0) is 16.4 Å². The second-order valence-electron chi connectivity index (χ2n) is 6.25. The number of hydrogen-bond acceptors (Lipinski definition) is 3. The van der Waals surface area contributed by atoms with Crippen molar-refractivity contribution in [1.82, 2.24) is 5.32 Å². The largest absolute Gasteiger partial charge is 0.362 e. The third-order valence-electron chi connectivity index (χ3n) is 4.01. The van der Waals surface area contributed by atoms with Gasteiger partial charge in [-0.05, 0) is 55.7 Å². The lowest BCUT2D eigenvalue weighted by Gasteiger charge is -2.18. The van der Waals surface area contributed by atoms with Gasteiger partial charge in [0.15, 0.2) is 5.11 Å². The molecule has 140 valence electrons. The van der Waals surface area contributed by atoms with Gasteiger partial charge >= 0.3 is 0 Å². The van der Waals surface area contributed by atoms with E-state index in [4.69, 9.17) is 12.2 Å². The molecule has 0 heterocycles. The number of aryl methyl sites for hydroxylation is 2. The lowest BCUT2D eigenvalue weighted by molar-refractivity contribution is 0.600. The third-order valence-corrected chi connectivity index (χ3v) is 5.47. The Hall–Kier alpha value is -2.12. The summed E-state index contributed by atoms with van der Waals surface area (Å²) >= 11 is 5.31. The fourth-order valence-electron chi connectivity index (χ4n) is 2.40. The average molecular weight is 392 g/mol. The lowest BCUT2D eigenvalue weighted by Crippen LogP contribution is -2.29. The van der Waals surface area contributed by atoms with E-state index in [1.807, 2.05) is 6.07 Å². The fourth-order valence-corrected chi connectivity index (χ4v) is 3.11. The summed E-state index contributed by atoms with van der Waals surface area (Å²) in [6.45, 7) is 2.85. The maximum absolute atomic E-state index is 11.6. The molecule has 0 fully saturated rings. The van der Waals surface area contributed by atoms with Gasteiger partial charge in [0.05, 0.1) is 11.9 Å². The minimum Gasteiger partial charge on any atom is -0.362 e. The van der Waals surface area contributed by atoms with Gasteiger partial charge in [-0.3, -0.25) is 4.31 Å². The first-order chi connectivity index (χ1) is 12.3. The van der Waals surface area contributed by atoms with Crippen molar-refractivity contribution in [2.75, 3.05) is 29.5 Å². The van der Waals surface area contributed by atoms with Crippen LogP contribution < -0.4 is 14.9 Å². The minimum absolute atomic E-state index is 0.521. The number of hydrogen-bond donors (Lipinski definition) is 2. The molecule has 2 aromatic carbocycles. The van der Waals surface area contributed by atoms with Crippen LogP contribution in [0.25, 0.3) is 0 Å². The first-order valence-electron chi connectivity index (χ1n) is 8.40. The van der Waals surface area contributed by atoms with Crippen molar-refractivity contribution in [2.24, 2.45) is 0 Å². The third kappa shape index (κ3) is 6.31. The fraction of sp³-hybridized carbons (Fsp3) is 0.316. The van der Waals surface area contributed by atoms with E-state index in [-0.39, 0.29) is 0 Å². The van der Waals surface area contributed by atoms with Crippen LogP contribution in [-0.4, -0.2) is 33.4 Å². The Labute approximate surface area is 161 Å². The van der Waals surface area contributed by atoms with Gasteiger partial charge in [0, 0.05) is 19.3 Å². The van der Waals surface area contributed by atoms with E-state index in [1.165, 1.54) is 28.7 Å². The molecule has 0 saturated heterocycles. The minimum atomic E-state index is -3.29. The van der Waals surface area contributed by atoms with Crippen molar-refractivity contribution in [2.45, 2.75) is 19.8 Å². The topological polar surface area (TPSA) is 61.4 Å². The van der Waals surface area contributed by atoms with Crippen molar-refractivity contribution in [1.29, 1.82) is 0 Å². The quantitative estimate of drug-likeness (QED) is 0.560. The Kier molecular flexibility index (Phi) is 6.99. The van der Waals surface area contributed by atoms with Crippen molar-refractivity contribution < 1.29 is 8.42 Å². The van der Waals surface area contributed by atoms with Gasteiger partial charge in [-0.2, -0.15) is 0 Å². The second kappa shape index (κ2) is 9.00. The Morgan fingerprint density at radius 2 is 1.85 bits per heavy atom. The van der Waals surface area contributed by atoms with Gasteiger partial charge < -0.3 is 10.6 Å². The van der Waals surface area contributed by atoms with Crippen LogP contribution >= 0.6 is 12.2 Å². The molecule has 0 bridgehead atoms. The SMILES string of the molecule is Cc1ccc(CCCNC(=S)Nc2cccc(N(C)S(C)(=O)=O)c2)cc1. The highest BCUT2D eigenvalue weighted by Crippen LogP contribution is 2.20.